The minimum atomic E-state index is 0.0370. The molecule has 30 heavy (non-hydrogen) atoms. The van der Waals surface area contributed by atoms with Crippen LogP contribution in [0.5, 0.6) is 0 Å². The number of carbonyl (C=O) groups is 2. The summed E-state index contributed by atoms with van der Waals surface area (Å²) in [5.74, 6) is 0.962. The minimum absolute atomic E-state index is 0.0370. The fourth-order valence-electron chi connectivity index (χ4n) is 4.28. The SMILES string of the molecule is COCCNC(=O)CN1CCN(CC(=O)N2CCC(Cc3ccccc3)CC2)CC1. The van der Waals surface area contributed by atoms with Crippen molar-refractivity contribution >= 4 is 11.8 Å². The maximum Gasteiger partial charge on any atom is 0.236 e. The summed E-state index contributed by atoms with van der Waals surface area (Å²) in [6, 6.07) is 10.6. The molecule has 0 aromatic heterocycles. The second-order valence-corrected chi connectivity index (χ2v) is 8.41. The predicted molar refractivity (Wildman–Crippen MR) is 117 cm³/mol. The molecule has 1 N–H and O–H groups in total. The molecule has 1 aromatic rings. The first kappa shape index (κ1) is 22.7. The van der Waals surface area contributed by atoms with Crippen LogP contribution in [-0.2, 0) is 20.7 Å². The van der Waals surface area contributed by atoms with E-state index in [0.29, 0.717) is 32.2 Å². The number of hydrogen-bond donors (Lipinski definition) is 1. The molecule has 0 saturated carbocycles. The fourth-order valence-corrected chi connectivity index (χ4v) is 4.28. The van der Waals surface area contributed by atoms with Crippen LogP contribution in [0, 0.1) is 5.92 Å². The third kappa shape index (κ3) is 7.38. The molecule has 0 spiro atoms. The summed E-state index contributed by atoms with van der Waals surface area (Å²) in [5, 5.41) is 2.86. The number of piperazine rings is 1. The Hall–Kier alpha value is -1.96. The molecule has 2 heterocycles. The van der Waals surface area contributed by atoms with Gasteiger partial charge in [0.2, 0.25) is 11.8 Å². The summed E-state index contributed by atoms with van der Waals surface area (Å²) >= 11 is 0. The predicted octanol–water partition coefficient (Wildman–Crippen LogP) is 0.848. The first-order valence-electron chi connectivity index (χ1n) is 11.2. The van der Waals surface area contributed by atoms with Gasteiger partial charge in [-0.15, -0.1) is 0 Å². The molecule has 3 rings (SSSR count). The summed E-state index contributed by atoms with van der Waals surface area (Å²) in [4.78, 5) is 31.1. The molecule has 0 atom stereocenters. The van der Waals surface area contributed by atoms with Crippen LogP contribution in [0.15, 0.2) is 30.3 Å². The highest BCUT2D eigenvalue weighted by molar-refractivity contribution is 5.78. The number of piperidine rings is 1. The number of methoxy groups -OCH3 is 1. The summed E-state index contributed by atoms with van der Waals surface area (Å²) in [6.45, 7) is 7.06. The third-order valence-corrected chi connectivity index (χ3v) is 6.15. The molecule has 0 bridgehead atoms. The van der Waals surface area contributed by atoms with E-state index in [2.05, 4.69) is 45.4 Å². The van der Waals surface area contributed by atoms with E-state index >= 15 is 0 Å². The van der Waals surface area contributed by atoms with Gasteiger partial charge in [-0.2, -0.15) is 0 Å². The Balaban J connectivity index is 1.31. The van der Waals surface area contributed by atoms with Gasteiger partial charge in [-0.1, -0.05) is 30.3 Å². The lowest BCUT2D eigenvalue weighted by molar-refractivity contribution is -0.134. The van der Waals surface area contributed by atoms with Crippen molar-refractivity contribution in [1.82, 2.24) is 20.0 Å². The minimum Gasteiger partial charge on any atom is -0.383 e. The van der Waals surface area contributed by atoms with Crippen molar-refractivity contribution in [3.63, 3.8) is 0 Å². The number of nitrogens with one attached hydrogen (secondary N) is 1. The van der Waals surface area contributed by atoms with E-state index < -0.39 is 0 Å². The number of rotatable bonds is 9. The van der Waals surface area contributed by atoms with Crippen LogP contribution in [0.4, 0.5) is 0 Å². The standard InChI is InChI=1S/C23H36N4O3/c1-30-16-9-24-22(28)18-25-12-14-26(15-13-25)19-23(29)27-10-7-21(8-11-27)17-20-5-3-2-4-6-20/h2-6,21H,7-19H2,1H3,(H,24,28). The number of hydrogen-bond acceptors (Lipinski definition) is 5. The lowest BCUT2D eigenvalue weighted by Gasteiger charge is -2.37. The van der Waals surface area contributed by atoms with Gasteiger partial charge in [0.25, 0.3) is 0 Å². The van der Waals surface area contributed by atoms with Crippen molar-refractivity contribution in [2.45, 2.75) is 19.3 Å². The normalized spacial score (nSPS) is 19.0. The fraction of sp³-hybridized carbons (Fsp3) is 0.652. The molecule has 2 aliphatic heterocycles. The van der Waals surface area contributed by atoms with Crippen LogP contribution in [0.2, 0.25) is 0 Å². The zero-order valence-electron chi connectivity index (χ0n) is 18.2. The van der Waals surface area contributed by atoms with Crippen molar-refractivity contribution in [2.24, 2.45) is 5.92 Å². The average Bonchev–Trinajstić information content (AvgIpc) is 2.76. The molecule has 2 amide bonds. The van der Waals surface area contributed by atoms with Crippen molar-refractivity contribution in [1.29, 1.82) is 0 Å². The molecule has 7 heteroatoms. The first-order valence-corrected chi connectivity index (χ1v) is 11.2. The van der Waals surface area contributed by atoms with E-state index in [1.165, 1.54) is 5.56 Å². The summed E-state index contributed by atoms with van der Waals surface area (Å²) < 4.78 is 4.94. The summed E-state index contributed by atoms with van der Waals surface area (Å²) in [7, 11) is 1.62. The molecule has 2 saturated heterocycles. The van der Waals surface area contributed by atoms with Crippen LogP contribution >= 0.6 is 0 Å². The zero-order chi connectivity index (χ0) is 21.2. The smallest absolute Gasteiger partial charge is 0.236 e. The Labute approximate surface area is 180 Å². The number of likely N-dealkylation sites (tertiary alicyclic amines) is 1. The Morgan fingerprint density at radius 3 is 2.23 bits per heavy atom. The van der Waals surface area contributed by atoms with Gasteiger partial charge >= 0.3 is 0 Å². The van der Waals surface area contributed by atoms with E-state index in [9.17, 15) is 9.59 Å². The van der Waals surface area contributed by atoms with Crippen molar-refractivity contribution < 1.29 is 14.3 Å². The Kier molecular flexibility index (Phi) is 9.11. The van der Waals surface area contributed by atoms with Gasteiger partial charge in [-0.05, 0) is 30.7 Å². The van der Waals surface area contributed by atoms with Gasteiger partial charge in [0.05, 0.1) is 19.7 Å². The zero-order valence-corrected chi connectivity index (χ0v) is 18.2. The van der Waals surface area contributed by atoms with E-state index in [1.807, 2.05) is 4.90 Å². The highest BCUT2D eigenvalue weighted by Crippen LogP contribution is 2.21. The summed E-state index contributed by atoms with van der Waals surface area (Å²) in [6.07, 6.45) is 3.29. The summed E-state index contributed by atoms with van der Waals surface area (Å²) in [5.41, 5.74) is 1.40. The second-order valence-electron chi connectivity index (χ2n) is 8.41. The number of carbonyl (C=O) groups excluding carboxylic acids is 2. The van der Waals surface area contributed by atoms with Crippen LogP contribution in [-0.4, -0.2) is 99.1 Å². The third-order valence-electron chi connectivity index (χ3n) is 6.15. The molecule has 0 aliphatic carbocycles. The van der Waals surface area contributed by atoms with Gasteiger partial charge in [0.15, 0.2) is 0 Å². The molecule has 0 radical (unpaired) electrons. The van der Waals surface area contributed by atoms with Gasteiger partial charge in [0, 0.05) is 52.9 Å². The van der Waals surface area contributed by atoms with E-state index in [4.69, 9.17) is 4.74 Å². The molecule has 2 fully saturated rings. The Morgan fingerprint density at radius 2 is 1.60 bits per heavy atom. The first-order chi connectivity index (χ1) is 14.6. The van der Waals surface area contributed by atoms with Crippen molar-refractivity contribution in [2.75, 3.05) is 72.6 Å². The van der Waals surface area contributed by atoms with E-state index in [-0.39, 0.29) is 11.8 Å². The maximum atomic E-state index is 12.7. The van der Waals surface area contributed by atoms with Gasteiger partial charge in [0.1, 0.15) is 0 Å². The average molecular weight is 417 g/mol. The van der Waals surface area contributed by atoms with Crippen molar-refractivity contribution in [3.8, 4) is 0 Å². The number of nitrogens with zero attached hydrogens (tertiary/aromatic N) is 3. The molecule has 7 nitrogen and oxygen atoms in total. The van der Waals surface area contributed by atoms with Gasteiger partial charge in [-0.3, -0.25) is 19.4 Å². The van der Waals surface area contributed by atoms with Crippen LogP contribution in [0.25, 0.3) is 0 Å². The van der Waals surface area contributed by atoms with E-state index in [0.717, 1.165) is 58.5 Å². The number of amides is 2. The van der Waals surface area contributed by atoms with Crippen LogP contribution in [0.3, 0.4) is 0 Å². The van der Waals surface area contributed by atoms with Crippen LogP contribution < -0.4 is 5.32 Å². The topological polar surface area (TPSA) is 65.1 Å². The molecular formula is C23H36N4O3. The number of benzene rings is 1. The molecule has 1 aromatic carbocycles. The monoisotopic (exact) mass is 416 g/mol. The second kappa shape index (κ2) is 12.0. The maximum absolute atomic E-state index is 12.7. The Bertz CT molecular complexity index is 654. The highest BCUT2D eigenvalue weighted by Gasteiger charge is 2.26. The van der Waals surface area contributed by atoms with Gasteiger partial charge in [-0.25, -0.2) is 0 Å². The highest BCUT2D eigenvalue weighted by atomic mass is 16.5. The largest absolute Gasteiger partial charge is 0.383 e. The van der Waals surface area contributed by atoms with Gasteiger partial charge < -0.3 is 15.0 Å². The Morgan fingerprint density at radius 1 is 0.967 bits per heavy atom. The van der Waals surface area contributed by atoms with E-state index in [1.54, 1.807) is 7.11 Å². The lowest BCUT2D eigenvalue weighted by atomic mass is 9.90. The molecule has 2 aliphatic rings. The molecule has 0 unspecified atom stereocenters. The molecular weight excluding hydrogens is 380 g/mol. The quantitative estimate of drug-likeness (QED) is 0.605. The molecule has 166 valence electrons. The van der Waals surface area contributed by atoms with Crippen molar-refractivity contribution in [3.05, 3.63) is 35.9 Å². The lowest BCUT2D eigenvalue weighted by Crippen LogP contribution is -2.52. The van der Waals surface area contributed by atoms with Crippen LogP contribution in [0.1, 0.15) is 18.4 Å². The number of ether oxygens (including phenoxy) is 1.